The van der Waals surface area contributed by atoms with E-state index in [1.807, 2.05) is 0 Å². The van der Waals surface area contributed by atoms with Gasteiger partial charge in [-0.05, 0) is 42.8 Å². The van der Waals surface area contributed by atoms with Crippen molar-refractivity contribution < 1.29 is 17.2 Å². The van der Waals surface area contributed by atoms with Gasteiger partial charge in [0.1, 0.15) is 0 Å². The van der Waals surface area contributed by atoms with Crippen LogP contribution in [0.4, 0.5) is 8.78 Å². The third kappa shape index (κ3) is 3.87. The predicted octanol–water partition coefficient (Wildman–Crippen LogP) is 3.77. The Bertz CT molecular complexity index is 748. The molecule has 0 aliphatic heterocycles. The summed E-state index contributed by atoms with van der Waals surface area (Å²) in [6.07, 6.45) is 0. The Balaban J connectivity index is 2.24. The molecule has 0 unspecified atom stereocenters. The van der Waals surface area contributed by atoms with Gasteiger partial charge < -0.3 is 0 Å². The van der Waals surface area contributed by atoms with E-state index in [0.717, 1.165) is 22.2 Å². The van der Waals surface area contributed by atoms with E-state index < -0.39 is 27.7 Å². The molecule has 0 spiro atoms. The van der Waals surface area contributed by atoms with E-state index in [9.17, 15) is 17.2 Å². The van der Waals surface area contributed by atoms with Crippen LogP contribution in [-0.4, -0.2) is 8.42 Å². The van der Waals surface area contributed by atoms with Crippen molar-refractivity contribution in [2.75, 3.05) is 0 Å². The summed E-state index contributed by atoms with van der Waals surface area (Å²) in [5.41, 5.74) is 0.754. The van der Waals surface area contributed by atoms with Crippen LogP contribution >= 0.6 is 15.9 Å². The van der Waals surface area contributed by atoms with Crippen LogP contribution in [0.2, 0.25) is 0 Å². The lowest BCUT2D eigenvalue weighted by Crippen LogP contribution is -2.27. The van der Waals surface area contributed by atoms with Crippen LogP contribution in [0.5, 0.6) is 0 Å². The summed E-state index contributed by atoms with van der Waals surface area (Å²) in [5, 5.41) is 0. The summed E-state index contributed by atoms with van der Waals surface area (Å²) in [5.74, 6) is -2.29. The third-order valence-corrected chi connectivity index (χ3v) is 4.97. The molecule has 112 valence electrons. The van der Waals surface area contributed by atoms with Gasteiger partial charge in [0.15, 0.2) is 11.6 Å². The van der Waals surface area contributed by atoms with Gasteiger partial charge >= 0.3 is 0 Å². The summed E-state index contributed by atoms with van der Waals surface area (Å²) in [4.78, 5) is -0.314. The minimum atomic E-state index is -3.93. The number of halogens is 3. The Morgan fingerprint density at radius 3 is 2.24 bits per heavy atom. The highest BCUT2D eigenvalue weighted by Crippen LogP contribution is 2.20. The lowest BCUT2D eigenvalue weighted by atomic mass is 10.1. The fourth-order valence-electron chi connectivity index (χ4n) is 1.76. The molecule has 2 rings (SSSR count). The second-order valence-corrected chi connectivity index (χ2v) is 7.10. The lowest BCUT2D eigenvalue weighted by molar-refractivity contribution is 0.503. The van der Waals surface area contributed by atoms with Gasteiger partial charge in [0, 0.05) is 10.5 Å². The van der Waals surface area contributed by atoms with Crippen LogP contribution in [0.25, 0.3) is 0 Å². The molecule has 21 heavy (non-hydrogen) atoms. The first-order valence-electron chi connectivity index (χ1n) is 6.02. The molecule has 2 aromatic rings. The fraction of sp³-hybridized carbons (Fsp3) is 0.143. The van der Waals surface area contributed by atoms with Gasteiger partial charge in [0.05, 0.1) is 4.90 Å². The molecular weight excluding hydrogens is 364 g/mol. The molecular formula is C14H12BrF2NO2S. The van der Waals surface area contributed by atoms with Crippen molar-refractivity contribution in [3.63, 3.8) is 0 Å². The molecule has 0 aliphatic rings. The van der Waals surface area contributed by atoms with Crippen molar-refractivity contribution in [3.05, 3.63) is 64.1 Å². The first-order chi connectivity index (χ1) is 9.79. The lowest BCUT2D eigenvalue weighted by Gasteiger charge is -2.15. The summed E-state index contributed by atoms with van der Waals surface area (Å²) < 4.78 is 53.6. The van der Waals surface area contributed by atoms with Gasteiger partial charge in [-0.15, -0.1) is 0 Å². The molecule has 0 amide bonds. The van der Waals surface area contributed by atoms with Gasteiger partial charge in [0.25, 0.3) is 0 Å². The van der Waals surface area contributed by atoms with Crippen molar-refractivity contribution >= 4 is 26.0 Å². The molecule has 7 heteroatoms. The van der Waals surface area contributed by atoms with E-state index in [-0.39, 0.29) is 4.90 Å². The van der Waals surface area contributed by atoms with E-state index in [1.54, 1.807) is 31.2 Å². The number of benzene rings is 2. The molecule has 3 nitrogen and oxygen atoms in total. The standard InChI is InChI=1S/C14H12BrF2NO2S/c1-9(10-2-4-11(15)5-3-10)18-21(19,20)12-6-7-13(16)14(17)8-12/h2-9,18H,1H3/t9-/m0/s1. The number of sulfonamides is 1. The molecule has 0 heterocycles. The van der Waals surface area contributed by atoms with E-state index >= 15 is 0 Å². The Hall–Kier alpha value is -1.31. The normalized spacial score (nSPS) is 13.1. The minimum Gasteiger partial charge on any atom is -0.207 e. The minimum absolute atomic E-state index is 0.314. The molecule has 0 saturated heterocycles. The van der Waals surface area contributed by atoms with Gasteiger partial charge in [0.2, 0.25) is 10.0 Å². The van der Waals surface area contributed by atoms with Gasteiger partial charge in [-0.2, -0.15) is 0 Å². The van der Waals surface area contributed by atoms with Crippen LogP contribution in [0.3, 0.4) is 0 Å². The van der Waals surface area contributed by atoms with Crippen molar-refractivity contribution in [1.29, 1.82) is 0 Å². The molecule has 0 aromatic heterocycles. The van der Waals surface area contributed by atoms with Crippen molar-refractivity contribution in [3.8, 4) is 0 Å². The zero-order valence-electron chi connectivity index (χ0n) is 11.0. The smallest absolute Gasteiger partial charge is 0.207 e. The fourth-order valence-corrected chi connectivity index (χ4v) is 3.27. The van der Waals surface area contributed by atoms with E-state index in [2.05, 4.69) is 20.7 Å². The molecule has 1 N–H and O–H groups in total. The third-order valence-electron chi connectivity index (χ3n) is 2.90. The average molecular weight is 376 g/mol. The maximum absolute atomic E-state index is 13.1. The van der Waals surface area contributed by atoms with E-state index in [1.165, 1.54) is 0 Å². The molecule has 0 aliphatic carbocycles. The molecule has 0 radical (unpaired) electrons. The average Bonchev–Trinajstić information content (AvgIpc) is 2.42. The zero-order chi connectivity index (χ0) is 15.6. The number of nitrogens with one attached hydrogen (secondary N) is 1. The van der Waals surface area contributed by atoms with Crippen LogP contribution in [0, 0.1) is 11.6 Å². The van der Waals surface area contributed by atoms with Gasteiger partial charge in [-0.25, -0.2) is 21.9 Å². The van der Waals surface area contributed by atoms with E-state index in [0.29, 0.717) is 6.07 Å². The first-order valence-corrected chi connectivity index (χ1v) is 8.30. The molecule has 1 atom stereocenters. The Kier molecular flexibility index (Phi) is 4.75. The van der Waals surface area contributed by atoms with Crippen molar-refractivity contribution in [1.82, 2.24) is 4.72 Å². The maximum Gasteiger partial charge on any atom is 0.241 e. The topological polar surface area (TPSA) is 46.2 Å². The van der Waals surface area contributed by atoms with E-state index in [4.69, 9.17) is 0 Å². The van der Waals surface area contributed by atoms with Crippen LogP contribution in [-0.2, 0) is 10.0 Å². The van der Waals surface area contributed by atoms with Gasteiger partial charge in [-0.1, -0.05) is 28.1 Å². The SMILES string of the molecule is C[C@H](NS(=O)(=O)c1ccc(F)c(F)c1)c1ccc(Br)cc1. The van der Waals surface area contributed by atoms with Crippen LogP contribution < -0.4 is 4.72 Å². The summed E-state index contributed by atoms with van der Waals surface area (Å²) >= 11 is 3.29. The highest BCUT2D eigenvalue weighted by molar-refractivity contribution is 9.10. The Morgan fingerprint density at radius 1 is 1.05 bits per heavy atom. The maximum atomic E-state index is 13.1. The van der Waals surface area contributed by atoms with Crippen molar-refractivity contribution in [2.24, 2.45) is 0 Å². The molecule has 0 saturated carbocycles. The molecule has 0 bridgehead atoms. The molecule has 2 aromatic carbocycles. The van der Waals surface area contributed by atoms with Crippen LogP contribution in [0.15, 0.2) is 51.8 Å². The monoisotopic (exact) mass is 375 g/mol. The van der Waals surface area contributed by atoms with Gasteiger partial charge in [-0.3, -0.25) is 0 Å². The first kappa shape index (κ1) is 16.1. The second kappa shape index (κ2) is 6.21. The Morgan fingerprint density at radius 2 is 1.67 bits per heavy atom. The highest BCUT2D eigenvalue weighted by Gasteiger charge is 2.19. The number of hydrogen-bond acceptors (Lipinski definition) is 2. The van der Waals surface area contributed by atoms with Crippen LogP contribution in [0.1, 0.15) is 18.5 Å². The predicted molar refractivity (Wildman–Crippen MR) is 79.2 cm³/mol. The Labute approximate surface area is 130 Å². The summed E-state index contributed by atoms with van der Waals surface area (Å²) in [6, 6.07) is 9.08. The number of hydrogen-bond donors (Lipinski definition) is 1. The summed E-state index contributed by atoms with van der Waals surface area (Å²) in [7, 11) is -3.93. The van der Waals surface area contributed by atoms with Crippen molar-refractivity contribution in [2.45, 2.75) is 17.9 Å². The zero-order valence-corrected chi connectivity index (χ0v) is 13.4. The highest BCUT2D eigenvalue weighted by atomic mass is 79.9. The summed E-state index contributed by atoms with van der Waals surface area (Å²) in [6.45, 7) is 1.67. The second-order valence-electron chi connectivity index (χ2n) is 4.47. The largest absolute Gasteiger partial charge is 0.241 e. The molecule has 0 fully saturated rings. The number of rotatable bonds is 4. The quantitative estimate of drug-likeness (QED) is 0.883.